The molecule has 1 aromatic carbocycles. The van der Waals surface area contributed by atoms with Gasteiger partial charge in [-0.15, -0.1) is 0 Å². The molecule has 1 amide bonds. The maximum atomic E-state index is 12.2. The monoisotopic (exact) mass is 264 g/mol. The second-order valence-electron chi connectivity index (χ2n) is 5.51. The first-order valence-corrected chi connectivity index (χ1v) is 6.87. The van der Waals surface area contributed by atoms with E-state index in [0.717, 1.165) is 18.0 Å². The van der Waals surface area contributed by atoms with Crippen LogP contribution in [0.5, 0.6) is 0 Å². The Morgan fingerprint density at radius 2 is 2.17 bits per heavy atom. The van der Waals surface area contributed by atoms with Gasteiger partial charge in [-0.25, -0.2) is 0 Å². The van der Waals surface area contributed by atoms with Gasteiger partial charge in [0.15, 0.2) is 0 Å². The molecule has 0 saturated heterocycles. The van der Waals surface area contributed by atoms with Crippen LogP contribution in [0.3, 0.4) is 0 Å². The van der Waals surface area contributed by atoms with E-state index in [9.17, 15) is 4.79 Å². The normalized spacial score (nSPS) is 29.5. The third-order valence-electron chi connectivity index (χ3n) is 4.34. The Morgan fingerprint density at radius 3 is 2.78 bits per heavy atom. The van der Waals surface area contributed by atoms with Crippen LogP contribution in [0.15, 0.2) is 18.2 Å². The summed E-state index contributed by atoms with van der Waals surface area (Å²) in [6.07, 6.45) is 4.81. The van der Waals surface area contributed by atoms with E-state index in [0.29, 0.717) is 16.6 Å². The average Bonchev–Trinajstić information content (AvgIpc) is 2.96. The van der Waals surface area contributed by atoms with E-state index in [1.807, 2.05) is 0 Å². The SMILES string of the molecule is Nc1cc(NC(=O)C2CC3CCC2C3)ccc1Cl. The molecule has 2 aliphatic rings. The van der Waals surface area contributed by atoms with Crippen LogP contribution >= 0.6 is 11.6 Å². The van der Waals surface area contributed by atoms with Crippen LogP contribution in [-0.2, 0) is 4.79 Å². The van der Waals surface area contributed by atoms with Crippen molar-refractivity contribution in [1.82, 2.24) is 0 Å². The second kappa shape index (κ2) is 4.47. The molecule has 18 heavy (non-hydrogen) atoms. The largest absolute Gasteiger partial charge is 0.397 e. The van der Waals surface area contributed by atoms with Gasteiger partial charge in [0.05, 0.1) is 10.7 Å². The van der Waals surface area contributed by atoms with E-state index in [4.69, 9.17) is 17.3 Å². The Labute approximate surface area is 112 Å². The van der Waals surface area contributed by atoms with Crippen molar-refractivity contribution in [2.24, 2.45) is 17.8 Å². The van der Waals surface area contributed by atoms with Gasteiger partial charge < -0.3 is 11.1 Å². The maximum Gasteiger partial charge on any atom is 0.227 e. The number of benzene rings is 1. The number of anilines is 2. The molecule has 0 heterocycles. The molecule has 3 unspecified atom stereocenters. The Bertz CT molecular complexity index is 489. The van der Waals surface area contributed by atoms with E-state index in [-0.39, 0.29) is 11.8 Å². The van der Waals surface area contributed by atoms with Crippen molar-refractivity contribution in [2.45, 2.75) is 25.7 Å². The lowest BCUT2D eigenvalue weighted by atomic mass is 9.88. The number of amides is 1. The minimum atomic E-state index is 0.143. The molecule has 3 N–H and O–H groups in total. The van der Waals surface area contributed by atoms with Gasteiger partial charge in [-0.2, -0.15) is 0 Å². The van der Waals surface area contributed by atoms with Crippen LogP contribution in [0.25, 0.3) is 0 Å². The average molecular weight is 265 g/mol. The van der Waals surface area contributed by atoms with Gasteiger partial charge in [-0.3, -0.25) is 4.79 Å². The Kier molecular flexibility index (Phi) is 2.94. The van der Waals surface area contributed by atoms with Crippen molar-refractivity contribution in [3.63, 3.8) is 0 Å². The summed E-state index contributed by atoms with van der Waals surface area (Å²) < 4.78 is 0. The Hall–Kier alpha value is -1.22. The van der Waals surface area contributed by atoms with Crippen molar-refractivity contribution in [2.75, 3.05) is 11.1 Å². The predicted molar refractivity (Wildman–Crippen MR) is 73.4 cm³/mol. The van der Waals surface area contributed by atoms with Crippen LogP contribution in [0.4, 0.5) is 11.4 Å². The van der Waals surface area contributed by atoms with Gasteiger partial charge in [0.2, 0.25) is 5.91 Å². The van der Waals surface area contributed by atoms with Crippen molar-refractivity contribution in [3.8, 4) is 0 Å². The topological polar surface area (TPSA) is 55.1 Å². The second-order valence-corrected chi connectivity index (χ2v) is 5.91. The van der Waals surface area contributed by atoms with Gasteiger partial charge >= 0.3 is 0 Å². The zero-order chi connectivity index (χ0) is 12.7. The molecule has 3 nitrogen and oxygen atoms in total. The molecule has 0 aliphatic heterocycles. The predicted octanol–water partition coefficient (Wildman–Crippen LogP) is 3.30. The fraction of sp³-hybridized carbons (Fsp3) is 0.500. The molecule has 2 fully saturated rings. The number of halogens is 1. The van der Waals surface area contributed by atoms with Crippen LogP contribution in [-0.4, -0.2) is 5.91 Å². The molecule has 2 aliphatic carbocycles. The van der Waals surface area contributed by atoms with E-state index in [1.165, 1.54) is 19.3 Å². The summed E-state index contributed by atoms with van der Waals surface area (Å²) in [5.74, 6) is 1.71. The lowest BCUT2D eigenvalue weighted by Gasteiger charge is -2.20. The first kappa shape index (κ1) is 11.8. The quantitative estimate of drug-likeness (QED) is 0.806. The van der Waals surface area contributed by atoms with E-state index >= 15 is 0 Å². The molecular weight excluding hydrogens is 248 g/mol. The van der Waals surface area contributed by atoms with Gasteiger partial charge in [0.25, 0.3) is 0 Å². The first-order valence-electron chi connectivity index (χ1n) is 6.49. The third-order valence-corrected chi connectivity index (χ3v) is 4.68. The molecule has 3 rings (SSSR count). The van der Waals surface area contributed by atoms with E-state index in [1.54, 1.807) is 18.2 Å². The minimum Gasteiger partial charge on any atom is -0.397 e. The van der Waals surface area contributed by atoms with Crippen molar-refractivity contribution in [1.29, 1.82) is 0 Å². The summed E-state index contributed by atoms with van der Waals surface area (Å²) in [5, 5.41) is 3.48. The summed E-state index contributed by atoms with van der Waals surface area (Å²) in [7, 11) is 0. The van der Waals surface area contributed by atoms with Crippen LogP contribution in [0.2, 0.25) is 5.02 Å². The van der Waals surface area contributed by atoms with Crippen molar-refractivity contribution >= 4 is 28.9 Å². The van der Waals surface area contributed by atoms with Crippen LogP contribution < -0.4 is 11.1 Å². The maximum absolute atomic E-state index is 12.2. The highest BCUT2D eigenvalue weighted by molar-refractivity contribution is 6.33. The van der Waals surface area contributed by atoms with Gasteiger partial charge in [-0.05, 0) is 49.3 Å². The smallest absolute Gasteiger partial charge is 0.227 e. The number of carbonyl (C=O) groups is 1. The first-order chi connectivity index (χ1) is 8.63. The fourth-order valence-corrected chi connectivity index (χ4v) is 3.54. The van der Waals surface area contributed by atoms with E-state index in [2.05, 4.69) is 5.32 Å². The summed E-state index contributed by atoms with van der Waals surface area (Å²) in [4.78, 5) is 12.2. The third kappa shape index (κ3) is 2.07. The highest BCUT2D eigenvalue weighted by atomic mass is 35.5. The molecule has 96 valence electrons. The minimum absolute atomic E-state index is 0.143. The number of carbonyl (C=O) groups excluding carboxylic acids is 1. The number of nitrogens with one attached hydrogen (secondary N) is 1. The molecule has 4 heteroatoms. The molecule has 0 aromatic heterocycles. The number of nitrogen functional groups attached to an aromatic ring is 1. The highest BCUT2D eigenvalue weighted by Gasteiger charge is 2.42. The number of fused-ring (bicyclic) bond motifs is 2. The molecule has 0 spiro atoms. The number of hydrogen-bond acceptors (Lipinski definition) is 2. The number of nitrogens with two attached hydrogens (primary N) is 1. The molecule has 1 aromatic rings. The lowest BCUT2D eigenvalue weighted by molar-refractivity contribution is -0.121. The summed E-state index contributed by atoms with van der Waals surface area (Å²) in [5.41, 5.74) is 6.97. The Morgan fingerprint density at radius 1 is 1.33 bits per heavy atom. The summed E-state index contributed by atoms with van der Waals surface area (Å²) in [6.45, 7) is 0. The lowest BCUT2D eigenvalue weighted by Crippen LogP contribution is -2.27. The number of rotatable bonds is 2. The zero-order valence-electron chi connectivity index (χ0n) is 10.2. The van der Waals surface area contributed by atoms with E-state index < -0.39 is 0 Å². The molecule has 0 radical (unpaired) electrons. The fourth-order valence-electron chi connectivity index (χ4n) is 3.42. The Balaban J connectivity index is 1.69. The van der Waals surface area contributed by atoms with Crippen LogP contribution in [0.1, 0.15) is 25.7 Å². The van der Waals surface area contributed by atoms with Crippen molar-refractivity contribution < 1.29 is 4.79 Å². The zero-order valence-corrected chi connectivity index (χ0v) is 10.9. The standard InChI is InChI=1S/C14H17ClN2O/c15-12-4-3-10(7-13(12)16)17-14(18)11-6-8-1-2-9(11)5-8/h3-4,7-9,11H,1-2,5-6,16H2,(H,17,18). The van der Waals surface area contributed by atoms with Crippen LogP contribution in [0, 0.1) is 17.8 Å². The van der Waals surface area contributed by atoms with Gasteiger partial charge in [-0.1, -0.05) is 18.0 Å². The molecule has 3 atom stereocenters. The summed E-state index contributed by atoms with van der Waals surface area (Å²) >= 11 is 5.86. The highest BCUT2D eigenvalue weighted by Crippen LogP contribution is 2.48. The van der Waals surface area contributed by atoms with Gasteiger partial charge in [0, 0.05) is 11.6 Å². The molecule has 2 bridgehead atoms. The summed E-state index contributed by atoms with van der Waals surface area (Å²) in [6, 6.07) is 5.23. The molecule has 2 saturated carbocycles. The number of hydrogen-bond donors (Lipinski definition) is 2. The van der Waals surface area contributed by atoms with Gasteiger partial charge in [0.1, 0.15) is 0 Å². The molecular formula is C14H17ClN2O. The van der Waals surface area contributed by atoms with Crippen molar-refractivity contribution in [3.05, 3.63) is 23.2 Å².